The molecule has 128 valence electrons. The summed E-state index contributed by atoms with van der Waals surface area (Å²) in [5.41, 5.74) is 0.800. The number of hydrogen-bond acceptors (Lipinski definition) is 4. The number of aryl methyl sites for hydroxylation is 1. The van der Waals surface area contributed by atoms with Crippen molar-refractivity contribution >= 4 is 15.9 Å². The molecule has 1 aliphatic rings. The minimum absolute atomic E-state index is 0.0421. The zero-order valence-electron chi connectivity index (χ0n) is 13.8. The first-order valence-electron chi connectivity index (χ1n) is 7.81. The van der Waals surface area contributed by atoms with Crippen molar-refractivity contribution in [3.63, 3.8) is 0 Å². The molecule has 1 fully saturated rings. The number of ether oxygens (including phenoxy) is 1. The van der Waals surface area contributed by atoms with Crippen LogP contribution in [0, 0.1) is 6.92 Å². The first kappa shape index (κ1) is 17.7. The summed E-state index contributed by atoms with van der Waals surface area (Å²) in [4.78, 5) is 12.2. The fourth-order valence-electron chi connectivity index (χ4n) is 2.74. The summed E-state index contributed by atoms with van der Waals surface area (Å²) >= 11 is 0. The van der Waals surface area contributed by atoms with E-state index in [1.165, 1.54) is 13.2 Å². The van der Waals surface area contributed by atoms with E-state index in [4.69, 9.17) is 4.74 Å². The van der Waals surface area contributed by atoms with Gasteiger partial charge in [0.05, 0.1) is 13.2 Å². The summed E-state index contributed by atoms with van der Waals surface area (Å²) in [7, 11) is -2.42. The maximum Gasteiger partial charge on any atom is 0.244 e. The van der Waals surface area contributed by atoms with E-state index in [0.717, 1.165) is 31.2 Å². The third-order valence-electron chi connectivity index (χ3n) is 4.04. The largest absolute Gasteiger partial charge is 0.495 e. The van der Waals surface area contributed by atoms with Crippen LogP contribution in [0.2, 0.25) is 0 Å². The molecule has 0 saturated heterocycles. The number of amides is 1. The Morgan fingerprint density at radius 2 is 1.96 bits per heavy atom. The van der Waals surface area contributed by atoms with Gasteiger partial charge in [0, 0.05) is 6.04 Å². The highest BCUT2D eigenvalue weighted by Crippen LogP contribution is 2.24. The molecule has 23 heavy (non-hydrogen) atoms. The predicted octanol–water partition coefficient (Wildman–Crippen LogP) is 1.73. The van der Waals surface area contributed by atoms with Crippen molar-refractivity contribution in [3.05, 3.63) is 23.8 Å². The molecule has 0 bridgehead atoms. The Morgan fingerprint density at radius 1 is 1.30 bits per heavy atom. The number of methoxy groups -OCH3 is 1. The van der Waals surface area contributed by atoms with Crippen LogP contribution >= 0.6 is 0 Å². The van der Waals surface area contributed by atoms with Crippen LogP contribution in [0.1, 0.15) is 38.2 Å². The summed E-state index contributed by atoms with van der Waals surface area (Å²) < 4.78 is 32.6. The van der Waals surface area contributed by atoms with E-state index in [1.807, 2.05) is 0 Å². The number of sulfonamides is 1. The first-order valence-corrected chi connectivity index (χ1v) is 9.29. The van der Waals surface area contributed by atoms with E-state index in [9.17, 15) is 13.2 Å². The zero-order valence-corrected chi connectivity index (χ0v) is 14.6. The molecule has 0 spiro atoms. The molecular weight excluding hydrogens is 316 g/mol. The molecule has 2 N–H and O–H groups in total. The summed E-state index contributed by atoms with van der Waals surface area (Å²) in [5.74, 6) is -0.0430. The third-order valence-corrected chi connectivity index (χ3v) is 5.60. The Bertz CT molecular complexity index is 667. The molecule has 1 aromatic carbocycles. The number of carbonyl (C=O) groups is 1. The highest BCUT2D eigenvalue weighted by molar-refractivity contribution is 7.89. The van der Waals surface area contributed by atoms with Crippen LogP contribution in [-0.2, 0) is 14.8 Å². The van der Waals surface area contributed by atoms with Gasteiger partial charge in [-0.2, -0.15) is 4.72 Å². The van der Waals surface area contributed by atoms with Gasteiger partial charge in [0.15, 0.2) is 0 Å². The van der Waals surface area contributed by atoms with E-state index >= 15 is 0 Å². The SMILES string of the molecule is COc1ccc(C)cc1S(=O)(=O)NC(C)C(=O)NC1CCCC1. The summed E-state index contributed by atoms with van der Waals surface area (Å²) in [6.07, 6.45) is 4.12. The van der Waals surface area contributed by atoms with Gasteiger partial charge in [0.25, 0.3) is 0 Å². The lowest BCUT2D eigenvalue weighted by atomic mass is 10.2. The molecule has 1 unspecified atom stereocenters. The average molecular weight is 340 g/mol. The van der Waals surface area contributed by atoms with Crippen LogP contribution in [0.15, 0.2) is 23.1 Å². The maximum absolute atomic E-state index is 12.5. The normalized spacial score (nSPS) is 17.0. The van der Waals surface area contributed by atoms with Gasteiger partial charge in [-0.05, 0) is 44.4 Å². The Balaban J connectivity index is 2.10. The lowest BCUT2D eigenvalue weighted by Crippen LogP contribution is -2.47. The molecule has 0 aliphatic heterocycles. The fraction of sp³-hybridized carbons (Fsp3) is 0.562. The van der Waals surface area contributed by atoms with Crippen LogP contribution in [0.4, 0.5) is 0 Å². The lowest BCUT2D eigenvalue weighted by Gasteiger charge is -2.18. The molecule has 1 aliphatic carbocycles. The zero-order chi connectivity index (χ0) is 17.0. The number of carbonyl (C=O) groups excluding carboxylic acids is 1. The molecule has 1 aromatic rings. The second-order valence-corrected chi connectivity index (χ2v) is 7.67. The Kier molecular flexibility index (Phi) is 5.64. The fourth-order valence-corrected chi connectivity index (χ4v) is 4.20. The quantitative estimate of drug-likeness (QED) is 0.826. The second-order valence-electron chi connectivity index (χ2n) is 5.99. The van der Waals surface area contributed by atoms with E-state index in [-0.39, 0.29) is 22.6 Å². The van der Waals surface area contributed by atoms with E-state index in [2.05, 4.69) is 10.0 Å². The smallest absolute Gasteiger partial charge is 0.244 e. The van der Waals surface area contributed by atoms with Crippen molar-refractivity contribution in [2.75, 3.05) is 7.11 Å². The van der Waals surface area contributed by atoms with Gasteiger partial charge in [-0.3, -0.25) is 4.79 Å². The van der Waals surface area contributed by atoms with Crippen LogP contribution in [0.3, 0.4) is 0 Å². The van der Waals surface area contributed by atoms with Gasteiger partial charge in [-0.25, -0.2) is 8.42 Å². The van der Waals surface area contributed by atoms with Crippen LogP contribution in [0.5, 0.6) is 5.75 Å². The van der Waals surface area contributed by atoms with Crippen molar-refractivity contribution in [1.82, 2.24) is 10.0 Å². The van der Waals surface area contributed by atoms with Crippen molar-refractivity contribution in [3.8, 4) is 5.75 Å². The van der Waals surface area contributed by atoms with E-state index in [1.54, 1.807) is 26.0 Å². The van der Waals surface area contributed by atoms with Crippen molar-refractivity contribution in [2.45, 2.75) is 56.5 Å². The van der Waals surface area contributed by atoms with Gasteiger partial charge < -0.3 is 10.1 Å². The summed E-state index contributed by atoms with van der Waals surface area (Å²) in [6, 6.07) is 4.22. The monoisotopic (exact) mass is 340 g/mol. The molecule has 0 heterocycles. The van der Waals surface area contributed by atoms with Crippen LogP contribution in [-0.4, -0.2) is 33.5 Å². The van der Waals surface area contributed by atoms with Gasteiger partial charge in [-0.15, -0.1) is 0 Å². The Labute approximate surface area is 137 Å². The molecular formula is C16H24N2O4S. The summed E-state index contributed by atoms with van der Waals surface area (Å²) in [6.45, 7) is 3.35. The van der Waals surface area contributed by atoms with E-state index in [0.29, 0.717) is 0 Å². The Hall–Kier alpha value is -1.60. The van der Waals surface area contributed by atoms with Crippen LogP contribution < -0.4 is 14.8 Å². The van der Waals surface area contributed by atoms with Crippen molar-refractivity contribution in [1.29, 1.82) is 0 Å². The minimum atomic E-state index is -3.84. The lowest BCUT2D eigenvalue weighted by molar-refractivity contribution is -0.123. The minimum Gasteiger partial charge on any atom is -0.495 e. The predicted molar refractivity (Wildman–Crippen MR) is 87.9 cm³/mol. The van der Waals surface area contributed by atoms with Crippen LogP contribution in [0.25, 0.3) is 0 Å². The molecule has 0 aromatic heterocycles. The average Bonchev–Trinajstić information content (AvgIpc) is 2.99. The highest BCUT2D eigenvalue weighted by atomic mass is 32.2. The molecule has 1 atom stereocenters. The maximum atomic E-state index is 12.5. The van der Waals surface area contributed by atoms with E-state index < -0.39 is 16.1 Å². The number of rotatable bonds is 6. The van der Waals surface area contributed by atoms with Gasteiger partial charge >= 0.3 is 0 Å². The molecule has 1 amide bonds. The molecule has 2 rings (SSSR count). The molecule has 7 heteroatoms. The second kappa shape index (κ2) is 7.31. The Morgan fingerprint density at radius 3 is 2.57 bits per heavy atom. The molecule has 6 nitrogen and oxygen atoms in total. The first-order chi connectivity index (χ1) is 10.8. The third kappa shape index (κ3) is 4.45. The topological polar surface area (TPSA) is 84.5 Å². The van der Waals surface area contributed by atoms with Gasteiger partial charge in [-0.1, -0.05) is 18.9 Å². The highest BCUT2D eigenvalue weighted by Gasteiger charge is 2.27. The van der Waals surface area contributed by atoms with Crippen molar-refractivity contribution < 1.29 is 17.9 Å². The molecule has 1 saturated carbocycles. The van der Waals surface area contributed by atoms with Crippen molar-refractivity contribution in [2.24, 2.45) is 0 Å². The van der Waals surface area contributed by atoms with Gasteiger partial charge in [0.2, 0.25) is 15.9 Å². The van der Waals surface area contributed by atoms with Gasteiger partial charge in [0.1, 0.15) is 10.6 Å². The standard InChI is InChI=1S/C16H24N2O4S/c1-11-8-9-14(22-3)15(10-11)23(20,21)18-12(2)16(19)17-13-6-4-5-7-13/h8-10,12-13,18H,4-7H2,1-3H3,(H,17,19). The summed E-state index contributed by atoms with van der Waals surface area (Å²) in [5, 5.41) is 2.90. The number of benzene rings is 1. The number of nitrogens with one attached hydrogen (secondary N) is 2. The number of hydrogen-bond donors (Lipinski definition) is 2. The molecule has 0 radical (unpaired) electrons.